The van der Waals surface area contributed by atoms with Crippen molar-refractivity contribution in [1.29, 1.82) is 0 Å². The number of halogens is 1. The second-order valence-electron chi connectivity index (χ2n) is 7.10. The van der Waals surface area contributed by atoms with Gasteiger partial charge in [0.25, 0.3) is 0 Å². The van der Waals surface area contributed by atoms with Crippen LogP contribution in [0.2, 0.25) is 0 Å². The molecule has 156 valence electrons. The quantitative estimate of drug-likeness (QED) is 0.422. The molecule has 0 aliphatic heterocycles. The molecule has 5 rings (SSSR count). The molecule has 0 aliphatic rings. The molecule has 0 amide bonds. The average Bonchev–Trinajstić information content (AvgIpc) is 3.33. The highest BCUT2D eigenvalue weighted by molar-refractivity contribution is 7.16. The molecule has 2 aromatic carbocycles. The zero-order valence-electron chi connectivity index (χ0n) is 17.1. The zero-order valence-corrected chi connectivity index (χ0v) is 17.9. The van der Waals surface area contributed by atoms with Crippen LogP contribution in [-0.2, 0) is 13.6 Å². The second kappa shape index (κ2) is 7.28. The number of hydrogen-bond acceptors (Lipinski definition) is 6. The van der Waals surface area contributed by atoms with Crippen LogP contribution < -0.4 is 9.61 Å². The van der Waals surface area contributed by atoms with Crippen molar-refractivity contribution in [2.45, 2.75) is 13.5 Å². The van der Waals surface area contributed by atoms with E-state index in [1.54, 1.807) is 48.4 Å². The lowest BCUT2D eigenvalue weighted by atomic mass is 9.98. The van der Waals surface area contributed by atoms with Gasteiger partial charge in [-0.2, -0.15) is 5.10 Å². The third-order valence-electron chi connectivity index (χ3n) is 5.43. The molecule has 0 N–H and O–H groups in total. The van der Waals surface area contributed by atoms with Crippen molar-refractivity contribution in [1.82, 2.24) is 24.3 Å². The largest absolute Gasteiger partial charge is 0.496 e. The monoisotopic (exact) mass is 435 g/mol. The number of aryl methyl sites for hydroxylation is 2. The van der Waals surface area contributed by atoms with Gasteiger partial charge in [0.1, 0.15) is 17.1 Å². The van der Waals surface area contributed by atoms with Crippen LogP contribution >= 0.6 is 11.3 Å². The third-order valence-corrected chi connectivity index (χ3v) is 6.42. The van der Waals surface area contributed by atoms with Gasteiger partial charge in [-0.25, -0.2) is 9.37 Å². The van der Waals surface area contributed by atoms with E-state index in [0.717, 1.165) is 39.2 Å². The van der Waals surface area contributed by atoms with E-state index in [1.165, 1.54) is 13.2 Å². The van der Waals surface area contributed by atoms with Gasteiger partial charge in [0.05, 0.1) is 29.9 Å². The smallest absolute Gasteiger partial charge is 0.307 e. The van der Waals surface area contributed by atoms with Crippen LogP contribution in [0.5, 0.6) is 5.75 Å². The summed E-state index contributed by atoms with van der Waals surface area (Å²) < 4.78 is 24.8. The van der Waals surface area contributed by atoms with Gasteiger partial charge in [-0.3, -0.25) is 4.79 Å². The Morgan fingerprint density at radius 2 is 2.00 bits per heavy atom. The first kappa shape index (κ1) is 19.4. The van der Waals surface area contributed by atoms with Crippen molar-refractivity contribution in [2.75, 3.05) is 7.11 Å². The predicted octanol–water partition coefficient (Wildman–Crippen LogP) is 4.24. The predicted molar refractivity (Wildman–Crippen MR) is 119 cm³/mol. The van der Waals surface area contributed by atoms with E-state index in [2.05, 4.69) is 15.2 Å². The minimum atomic E-state index is -0.387. The number of imidazole rings is 1. The summed E-state index contributed by atoms with van der Waals surface area (Å²) in [4.78, 5) is 16.5. The van der Waals surface area contributed by atoms with Gasteiger partial charge in [0.2, 0.25) is 0 Å². The van der Waals surface area contributed by atoms with Crippen LogP contribution in [0, 0.1) is 5.82 Å². The molecule has 0 spiro atoms. The molecule has 0 saturated heterocycles. The molecule has 7 nitrogen and oxygen atoms in total. The molecule has 3 aromatic heterocycles. The second-order valence-corrected chi connectivity index (χ2v) is 8.10. The third kappa shape index (κ3) is 3.00. The van der Waals surface area contributed by atoms with Gasteiger partial charge in [0.15, 0.2) is 5.65 Å². The number of methoxy groups -OCH3 is 1. The number of benzene rings is 2. The Hall–Kier alpha value is -3.59. The fourth-order valence-electron chi connectivity index (χ4n) is 3.75. The highest BCUT2D eigenvalue weighted by Gasteiger charge is 2.18. The molecule has 0 aliphatic carbocycles. The minimum Gasteiger partial charge on any atom is -0.496 e. The molecular weight excluding hydrogens is 417 g/mol. The van der Waals surface area contributed by atoms with Crippen LogP contribution in [0.3, 0.4) is 0 Å². The fourth-order valence-corrected chi connectivity index (χ4v) is 4.65. The van der Waals surface area contributed by atoms with Gasteiger partial charge < -0.3 is 13.9 Å². The van der Waals surface area contributed by atoms with E-state index in [4.69, 9.17) is 4.74 Å². The Morgan fingerprint density at radius 3 is 2.77 bits per heavy atom. The fraction of sp³-hybridized carbons (Fsp3) is 0.182. The lowest BCUT2D eigenvalue weighted by molar-refractivity contribution is 0.416. The lowest BCUT2D eigenvalue weighted by Gasteiger charge is -2.12. The van der Waals surface area contributed by atoms with Crippen LogP contribution in [0.15, 0.2) is 47.7 Å². The highest BCUT2D eigenvalue weighted by Crippen LogP contribution is 2.38. The number of aromatic nitrogens is 5. The Bertz CT molecular complexity index is 1520. The van der Waals surface area contributed by atoms with Crippen LogP contribution in [-0.4, -0.2) is 31.4 Å². The van der Waals surface area contributed by atoms with Gasteiger partial charge in [-0.05, 0) is 30.7 Å². The minimum absolute atomic E-state index is 0.0832. The summed E-state index contributed by atoms with van der Waals surface area (Å²) in [5, 5.41) is 8.31. The van der Waals surface area contributed by atoms with Crippen molar-refractivity contribution in [3.63, 3.8) is 0 Å². The standard InChI is InChI=1S/C22H18FN5O2S/c1-4-28-11-24-20-15(10-25-26-21(20)28)12-5-6-16(23)13(7-12)14-8-19-17(9-18(14)30-3)27(2)22(29)31-19/h5-11H,4H2,1-3H3. The van der Waals surface area contributed by atoms with E-state index in [0.29, 0.717) is 28.0 Å². The Labute approximate surface area is 180 Å². The van der Waals surface area contributed by atoms with Crippen molar-refractivity contribution in [3.05, 3.63) is 58.3 Å². The van der Waals surface area contributed by atoms with Crippen molar-refractivity contribution in [2.24, 2.45) is 7.05 Å². The summed E-state index contributed by atoms with van der Waals surface area (Å²) in [7, 11) is 3.24. The van der Waals surface area contributed by atoms with E-state index in [9.17, 15) is 9.18 Å². The SMILES string of the molecule is CCn1cnc2c(-c3ccc(F)c(-c4cc5sc(=O)n(C)c5cc4OC)c3)cnnc21. The topological polar surface area (TPSA) is 74.8 Å². The molecule has 0 unspecified atom stereocenters. The first-order valence-electron chi connectivity index (χ1n) is 9.66. The number of rotatable bonds is 4. The molecule has 0 bridgehead atoms. The van der Waals surface area contributed by atoms with E-state index < -0.39 is 0 Å². The number of thiazole rings is 1. The first-order valence-corrected chi connectivity index (χ1v) is 10.5. The maximum atomic E-state index is 15.0. The number of nitrogens with zero attached hydrogens (tertiary/aromatic N) is 5. The summed E-state index contributed by atoms with van der Waals surface area (Å²) in [6.07, 6.45) is 3.36. The van der Waals surface area contributed by atoms with Crippen LogP contribution in [0.25, 0.3) is 43.6 Å². The Balaban J connectivity index is 1.74. The molecule has 0 radical (unpaired) electrons. The normalized spacial score (nSPS) is 11.5. The maximum Gasteiger partial charge on any atom is 0.307 e. The Kier molecular flexibility index (Phi) is 4.55. The van der Waals surface area contributed by atoms with Gasteiger partial charge in [-0.1, -0.05) is 17.4 Å². The lowest BCUT2D eigenvalue weighted by Crippen LogP contribution is -2.06. The summed E-state index contributed by atoms with van der Waals surface area (Å²) in [5.74, 6) is 0.104. The summed E-state index contributed by atoms with van der Waals surface area (Å²) >= 11 is 1.12. The van der Waals surface area contributed by atoms with Gasteiger partial charge in [0, 0.05) is 36.3 Å². The summed E-state index contributed by atoms with van der Waals surface area (Å²) in [6.45, 7) is 2.73. The van der Waals surface area contributed by atoms with Crippen LogP contribution in [0.4, 0.5) is 4.39 Å². The van der Waals surface area contributed by atoms with E-state index >= 15 is 0 Å². The molecule has 31 heavy (non-hydrogen) atoms. The van der Waals surface area contributed by atoms with Crippen molar-refractivity contribution >= 4 is 32.7 Å². The molecule has 9 heteroatoms. The Morgan fingerprint density at radius 1 is 1.16 bits per heavy atom. The van der Waals surface area contributed by atoms with Crippen molar-refractivity contribution in [3.8, 4) is 28.0 Å². The van der Waals surface area contributed by atoms with Crippen LogP contribution in [0.1, 0.15) is 6.92 Å². The zero-order chi connectivity index (χ0) is 21.7. The molecule has 0 saturated carbocycles. The molecular formula is C22H18FN5O2S. The average molecular weight is 435 g/mol. The van der Waals surface area contributed by atoms with Crippen molar-refractivity contribution < 1.29 is 9.13 Å². The summed E-state index contributed by atoms with van der Waals surface area (Å²) in [5.41, 5.74) is 4.62. The van der Waals surface area contributed by atoms with E-state index in [1.807, 2.05) is 11.5 Å². The number of fused-ring (bicyclic) bond motifs is 2. The molecule has 3 heterocycles. The highest BCUT2D eigenvalue weighted by atomic mass is 32.1. The molecule has 0 atom stereocenters. The van der Waals surface area contributed by atoms with Gasteiger partial charge >= 0.3 is 4.87 Å². The number of hydrogen-bond donors (Lipinski definition) is 0. The first-order chi connectivity index (χ1) is 15.0. The number of ether oxygens (including phenoxy) is 1. The van der Waals surface area contributed by atoms with Gasteiger partial charge in [-0.15, -0.1) is 5.10 Å². The maximum absolute atomic E-state index is 15.0. The summed E-state index contributed by atoms with van der Waals surface area (Å²) in [6, 6.07) is 8.45. The molecule has 0 fully saturated rings. The molecule has 5 aromatic rings. The van der Waals surface area contributed by atoms with E-state index in [-0.39, 0.29) is 10.7 Å².